The molecule has 0 saturated carbocycles. The third-order valence-electron chi connectivity index (χ3n) is 9.04. The molecule has 1 N–H and O–H groups in total. The van der Waals surface area contributed by atoms with Gasteiger partial charge in [-0.25, -0.2) is 0 Å². The van der Waals surface area contributed by atoms with Crippen molar-refractivity contribution < 1.29 is 13.0 Å². The van der Waals surface area contributed by atoms with E-state index >= 15 is 0 Å². The molecule has 0 atom stereocenters. The predicted molar refractivity (Wildman–Crippen MR) is 183 cm³/mol. The molecule has 2 aromatic carbocycles. The largest absolute Gasteiger partial charge is 0.294 e. The molecule has 240 valence electrons. The maximum atomic E-state index is 12.1. The van der Waals surface area contributed by atoms with Crippen molar-refractivity contribution in [3.8, 4) is 0 Å². The first-order valence-electron chi connectivity index (χ1n) is 18.0. The van der Waals surface area contributed by atoms with Crippen molar-refractivity contribution in [1.29, 1.82) is 0 Å². The van der Waals surface area contributed by atoms with Crippen LogP contribution >= 0.6 is 0 Å². The van der Waals surface area contributed by atoms with E-state index in [4.69, 9.17) is 0 Å². The molecule has 0 aliphatic rings. The molecular weight excluding hydrogens is 536 g/mol. The van der Waals surface area contributed by atoms with E-state index in [2.05, 4.69) is 32.0 Å². The lowest BCUT2D eigenvalue weighted by Gasteiger charge is -2.13. The first-order chi connectivity index (χ1) is 20.5. The fourth-order valence-corrected chi connectivity index (χ4v) is 6.94. The molecule has 0 spiro atoms. The first kappa shape index (κ1) is 36.8. The van der Waals surface area contributed by atoms with Crippen LogP contribution in [0.25, 0.3) is 10.8 Å². The second-order valence-corrected chi connectivity index (χ2v) is 14.3. The Hall–Kier alpha value is -1.39. The Kier molecular flexibility index (Phi) is 20.2. The average Bonchev–Trinajstić information content (AvgIpc) is 2.97. The Morgan fingerprint density at radius 1 is 0.476 bits per heavy atom. The molecule has 2 aromatic rings. The van der Waals surface area contributed by atoms with Crippen LogP contribution in [0, 0.1) is 0 Å². The molecule has 0 aliphatic carbocycles. The fraction of sp³-hybridized carbons (Fsp3) is 0.737. The van der Waals surface area contributed by atoms with Gasteiger partial charge in [0.05, 0.1) is 4.90 Å². The summed E-state index contributed by atoms with van der Waals surface area (Å²) in [5, 5.41) is 2.16. The van der Waals surface area contributed by atoms with Crippen molar-refractivity contribution in [3.05, 3.63) is 41.5 Å². The van der Waals surface area contributed by atoms with Gasteiger partial charge in [0.15, 0.2) is 0 Å². The van der Waals surface area contributed by atoms with Crippen LogP contribution < -0.4 is 0 Å². The lowest BCUT2D eigenvalue weighted by molar-refractivity contribution is 0.483. The number of hydrogen-bond acceptors (Lipinski definition) is 2. The van der Waals surface area contributed by atoms with E-state index in [0.717, 1.165) is 42.0 Å². The van der Waals surface area contributed by atoms with Crippen LogP contribution in [0.3, 0.4) is 0 Å². The Bertz CT molecular complexity index is 1060. The molecule has 0 saturated heterocycles. The van der Waals surface area contributed by atoms with Gasteiger partial charge in [0.1, 0.15) is 0 Å². The van der Waals surface area contributed by atoms with Crippen LogP contribution in [0.1, 0.15) is 179 Å². The lowest BCUT2D eigenvalue weighted by Crippen LogP contribution is -2.01. The maximum absolute atomic E-state index is 12.1. The van der Waals surface area contributed by atoms with Gasteiger partial charge in [-0.05, 0) is 59.7 Å². The highest BCUT2D eigenvalue weighted by molar-refractivity contribution is 7.85. The van der Waals surface area contributed by atoms with Gasteiger partial charge in [-0.1, -0.05) is 173 Å². The Balaban J connectivity index is 1.77. The van der Waals surface area contributed by atoms with E-state index < -0.39 is 10.1 Å². The maximum Gasteiger partial charge on any atom is 0.294 e. The molecule has 42 heavy (non-hydrogen) atoms. The molecule has 0 unspecified atom stereocenters. The summed E-state index contributed by atoms with van der Waals surface area (Å²) in [6.07, 6.45) is 33.5. The monoisotopic (exact) mass is 600 g/mol. The summed E-state index contributed by atoms with van der Waals surface area (Å²) in [7, 11) is -4.24. The summed E-state index contributed by atoms with van der Waals surface area (Å²) in [5.74, 6) is 0. The first-order valence-corrected chi connectivity index (χ1v) is 19.4. The highest BCUT2D eigenvalue weighted by atomic mass is 32.2. The molecular formula is C38H64O3S. The van der Waals surface area contributed by atoms with Crippen molar-refractivity contribution in [2.75, 3.05) is 0 Å². The molecule has 0 amide bonds. The number of fused-ring (bicyclic) bond motifs is 1. The Morgan fingerprint density at radius 3 is 1.26 bits per heavy atom. The predicted octanol–water partition coefficient (Wildman–Crippen LogP) is 12.6. The SMILES string of the molecule is CCCCCCCCCCCCCCc1cc(S(=O)(=O)O)cc2c(CCCCCCCCCCCCCC)cccc12. The van der Waals surface area contributed by atoms with Gasteiger partial charge in [0.2, 0.25) is 0 Å². The van der Waals surface area contributed by atoms with E-state index in [9.17, 15) is 13.0 Å². The van der Waals surface area contributed by atoms with Crippen molar-refractivity contribution in [2.45, 2.75) is 186 Å². The van der Waals surface area contributed by atoms with Crippen molar-refractivity contribution in [3.63, 3.8) is 0 Å². The fourth-order valence-electron chi connectivity index (χ4n) is 6.38. The van der Waals surface area contributed by atoms with Crippen LogP contribution in [-0.4, -0.2) is 13.0 Å². The van der Waals surface area contributed by atoms with Crippen molar-refractivity contribution >= 4 is 20.9 Å². The minimum atomic E-state index is -4.24. The number of rotatable bonds is 27. The third kappa shape index (κ3) is 15.9. The van der Waals surface area contributed by atoms with E-state index in [1.54, 1.807) is 12.1 Å². The number of benzene rings is 2. The normalized spacial score (nSPS) is 12.0. The van der Waals surface area contributed by atoms with Gasteiger partial charge < -0.3 is 0 Å². The number of unbranched alkanes of at least 4 members (excludes halogenated alkanes) is 22. The Labute approximate surface area is 260 Å². The quantitative estimate of drug-likeness (QED) is 0.0819. The molecule has 2 rings (SSSR count). The van der Waals surface area contributed by atoms with E-state index in [0.29, 0.717) is 0 Å². The summed E-state index contributed by atoms with van der Waals surface area (Å²) in [5.41, 5.74) is 2.27. The highest BCUT2D eigenvalue weighted by Gasteiger charge is 2.15. The zero-order valence-electron chi connectivity index (χ0n) is 27.4. The zero-order chi connectivity index (χ0) is 30.3. The molecule has 4 heteroatoms. The second kappa shape index (κ2) is 23.1. The van der Waals surface area contributed by atoms with Gasteiger partial charge in [-0.15, -0.1) is 0 Å². The van der Waals surface area contributed by atoms with Crippen LogP contribution in [0.2, 0.25) is 0 Å². The summed E-state index contributed by atoms with van der Waals surface area (Å²) in [6, 6.07) is 9.81. The van der Waals surface area contributed by atoms with Gasteiger partial charge in [-0.2, -0.15) is 8.42 Å². The smallest absolute Gasteiger partial charge is 0.282 e. The molecule has 0 radical (unpaired) electrons. The van der Waals surface area contributed by atoms with Crippen molar-refractivity contribution in [2.24, 2.45) is 0 Å². The summed E-state index contributed by atoms with van der Waals surface area (Å²) < 4.78 is 34.2. The van der Waals surface area contributed by atoms with E-state index in [-0.39, 0.29) is 4.90 Å². The summed E-state index contributed by atoms with van der Waals surface area (Å²) in [6.45, 7) is 4.54. The second-order valence-electron chi connectivity index (χ2n) is 12.8. The van der Waals surface area contributed by atoms with E-state index in [1.807, 2.05) is 0 Å². The van der Waals surface area contributed by atoms with Gasteiger partial charge in [0, 0.05) is 0 Å². The molecule has 0 heterocycles. The number of aryl methyl sites for hydroxylation is 2. The average molecular weight is 601 g/mol. The summed E-state index contributed by atoms with van der Waals surface area (Å²) >= 11 is 0. The zero-order valence-corrected chi connectivity index (χ0v) is 28.3. The molecule has 3 nitrogen and oxygen atoms in total. The summed E-state index contributed by atoms with van der Waals surface area (Å²) in [4.78, 5) is 0.0473. The van der Waals surface area contributed by atoms with Crippen LogP contribution in [-0.2, 0) is 23.0 Å². The van der Waals surface area contributed by atoms with E-state index in [1.165, 1.54) is 147 Å². The third-order valence-corrected chi connectivity index (χ3v) is 9.87. The number of hydrogen-bond donors (Lipinski definition) is 1. The molecule has 0 aliphatic heterocycles. The molecule has 0 bridgehead atoms. The minimum Gasteiger partial charge on any atom is -0.282 e. The Morgan fingerprint density at radius 2 is 0.857 bits per heavy atom. The minimum absolute atomic E-state index is 0.0473. The van der Waals surface area contributed by atoms with Crippen LogP contribution in [0.15, 0.2) is 35.2 Å². The lowest BCUT2D eigenvalue weighted by atomic mass is 9.94. The standard InChI is InChI=1S/C38H64O3S/c1-3-5-7-9-11-13-15-17-19-21-23-25-28-34-30-27-31-37-35(32-36(33-38(34)37)42(39,40)41)29-26-24-22-20-18-16-14-12-10-8-6-4-2/h27,30-33H,3-26,28-29H2,1-2H3,(H,39,40,41). The van der Waals surface area contributed by atoms with Gasteiger partial charge in [0.25, 0.3) is 10.1 Å². The topological polar surface area (TPSA) is 54.4 Å². The van der Waals surface area contributed by atoms with Crippen LogP contribution in [0.5, 0.6) is 0 Å². The van der Waals surface area contributed by atoms with Gasteiger partial charge in [-0.3, -0.25) is 4.55 Å². The van der Waals surface area contributed by atoms with Crippen molar-refractivity contribution in [1.82, 2.24) is 0 Å². The molecule has 0 aromatic heterocycles. The highest BCUT2D eigenvalue weighted by Crippen LogP contribution is 2.29. The van der Waals surface area contributed by atoms with Crippen LogP contribution in [0.4, 0.5) is 0 Å². The molecule has 0 fully saturated rings. The van der Waals surface area contributed by atoms with Gasteiger partial charge >= 0.3 is 0 Å².